The van der Waals surface area contributed by atoms with Crippen LogP contribution in [0, 0.1) is 5.92 Å². The fourth-order valence-corrected chi connectivity index (χ4v) is 2.36. The third-order valence-electron chi connectivity index (χ3n) is 3.45. The van der Waals surface area contributed by atoms with E-state index in [2.05, 4.69) is 27.3 Å². The molecule has 2 aromatic rings. The maximum atomic E-state index is 5.96. The SMILES string of the molecule is CC(Nc1cc(Cl)nc2ncnn12)C1CCC1. The first-order valence-electron chi connectivity index (χ1n) is 5.87. The van der Waals surface area contributed by atoms with Gasteiger partial charge < -0.3 is 5.32 Å². The van der Waals surface area contributed by atoms with Gasteiger partial charge in [0.15, 0.2) is 0 Å². The van der Waals surface area contributed by atoms with Crippen LogP contribution in [-0.2, 0) is 0 Å². The van der Waals surface area contributed by atoms with Crippen LogP contribution in [0.15, 0.2) is 12.4 Å². The third-order valence-corrected chi connectivity index (χ3v) is 3.65. The first-order valence-corrected chi connectivity index (χ1v) is 6.24. The summed E-state index contributed by atoms with van der Waals surface area (Å²) in [5, 5.41) is 8.03. The van der Waals surface area contributed by atoms with Crippen LogP contribution in [0.3, 0.4) is 0 Å². The van der Waals surface area contributed by atoms with Crippen molar-refractivity contribution in [1.82, 2.24) is 19.6 Å². The Bertz CT molecular complexity index is 534. The van der Waals surface area contributed by atoms with Gasteiger partial charge in [-0.25, -0.2) is 0 Å². The molecule has 1 aliphatic carbocycles. The van der Waals surface area contributed by atoms with Crippen molar-refractivity contribution in [3.63, 3.8) is 0 Å². The Labute approximate surface area is 104 Å². The summed E-state index contributed by atoms with van der Waals surface area (Å²) in [7, 11) is 0. The van der Waals surface area contributed by atoms with Gasteiger partial charge in [0.1, 0.15) is 17.3 Å². The van der Waals surface area contributed by atoms with Crippen molar-refractivity contribution < 1.29 is 0 Å². The molecule has 1 saturated carbocycles. The van der Waals surface area contributed by atoms with Crippen molar-refractivity contribution >= 4 is 23.2 Å². The lowest BCUT2D eigenvalue weighted by Crippen LogP contribution is -2.31. The fourth-order valence-electron chi connectivity index (χ4n) is 2.18. The molecule has 0 bridgehead atoms. The lowest BCUT2D eigenvalue weighted by Gasteiger charge is -2.32. The number of anilines is 1. The van der Waals surface area contributed by atoms with Gasteiger partial charge in [-0.05, 0) is 25.7 Å². The molecule has 2 aromatic heterocycles. The molecule has 5 nitrogen and oxygen atoms in total. The van der Waals surface area contributed by atoms with Gasteiger partial charge in [-0.1, -0.05) is 18.0 Å². The van der Waals surface area contributed by atoms with Gasteiger partial charge in [-0.15, -0.1) is 0 Å². The minimum absolute atomic E-state index is 0.426. The van der Waals surface area contributed by atoms with Crippen molar-refractivity contribution in [1.29, 1.82) is 0 Å². The van der Waals surface area contributed by atoms with Crippen LogP contribution in [0.1, 0.15) is 26.2 Å². The first kappa shape index (κ1) is 10.8. The second kappa shape index (κ2) is 4.14. The Morgan fingerprint density at radius 2 is 2.35 bits per heavy atom. The summed E-state index contributed by atoms with van der Waals surface area (Å²) in [5.41, 5.74) is 0. The Kier molecular flexibility index (Phi) is 2.63. The summed E-state index contributed by atoms with van der Waals surface area (Å²) >= 11 is 5.96. The predicted octanol–water partition coefficient (Wildman–Crippen LogP) is 2.38. The van der Waals surface area contributed by atoms with E-state index in [-0.39, 0.29) is 0 Å². The number of nitrogens with zero attached hydrogens (tertiary/aromatic N) is 4. The van der Waals surface area contributed by atoms with Crippen LogP contribution in [0.5, 0.6) is 0 Å². The number of fused-ring (bicyclic) bond motifs is 1. The van der Waals surface area contributed by atoms with Gasteiger partial charge in [0.25, 0.3) is 5.78 Å². The van der Waals surface area contributed by atoms with Crippen LogP contribution < -0.4 is 5.32 Å². The van der Waals surface area contributed by atoms with Crippen LogP contribution in [-0.4, -0.2) is 25.6 Å². The molecule has 1 N–H and O–H groups in total. The predicted molar refractivity (Wildman–Crippen MR) is 66.2 cm³/mol. The molecule has 1 unspecified atom stereocenters. The summed E-state index contributed by atoms with van der Waals surface area (Å²) < 4.78 is 1.68. The van der Waals surface area contributed by atoms with E-state index in [1.807, 2.05) is 0 Å². The standard InChI is InChI=1S/C11H14ClN5/c1-7(8-3-2-4-8)15-10-5-9(12)16-11-13-6-14-17(10)11/h5-8,15H,2-4H2,1H3. The van der Waals surface area contributed by atoms with Gasteiger partial charge >= 0.3 is 0 Å². The maximum absolute atomic E-state index is 5.96. The number of nitrogens with one attached hydrogen (secondary N) is 1. The van der Waals surface area contributed by atoms with Gasteiger partial charge in [-0.3, -0.25) is 0 Å². The highest BCUT2D eigenvalue weighted by Crippen LogP contribution is 2.31. The van der Waals surface area contributed by atoms with E-state index in [4.69, 9.17) is 11.6 Å². The Balaban J connectivity index is 1.90. The molecule has 6 heteroatoms. The molecule has 1 atom stereocenters. The van der Waals surface area contributed by atoms with Gasteiger partial charge in [-0.2, -0.15) is 19.6 Å². The summed E-state index contributed by atoms with van der Waals surface area (Å²) in [6.07, 6.45) is 5.42. The second-order valence-electron chi connectivity index (χ2n) is 4.56. The van der Waals surface area contributed by atoms with Crippen molar-refractivity contribution in [3.8, 4) is 0 Å². The van der Waals surface area contributed by atoms with Gasteiger partial charge in [0, 0.05) is 12.1 Å². The highest BCUT2D eigenvalue weighted by molar-refractivity contribution is 6.29. The summed E-state index contributed by atoms with van der Waals surface area (Å²) in [6.45, 7) is 2.20. The second-order valence-corrected chi connectivity index (χ2v) is 4.95. The summed E-state index contributed by atoms with van der Waals surface area (Å²) in [5.74, 6) is 2.14. The minimum atomic E-state index is 0.426. The third kappa shape index (κ3) is 1.95. The van der Waals surface area contributed by atoms with E-state index in [9.17, 15) is 0 Å². The van der Waals surface area contributed by atoms with Gasteiger partial charge in [0.05, 0.1) is 0 Å². The smallest absolute Gasteiger partial charge is 0.255 e. The Hall–Kier alpha value is -1.36. The fraction of sp³-hybridized carbons (Fsp3) is 0.545. The molecule has 0 radical (unpaired) electrons. The molecule has 0 aliphatic heterocycles. The van der Waals surface area contributed by atoms with E-state index in [0.29, 0.717) is 17.0 Å². The monoisotopic (exact) mass is 251 g/mol. The van der Waals surface area contributed by atoms with Crippen molar-refractivity contribution in [2.45, 2.75) is 32.2 Å². The molecule has 90 valence electrons. The average molecular weight is 252 g/mol. The van der Waals surface area contributed by atoms with Crippen molar-refractivity contribution in [2.75, 3.05) is 5.32 Å². The zero-order valence-corrected chi connectivity index (χ0v) is 10.4. The molecule has 0 spiro atoms. The van der Waals surface area contributed by atoms with Gasteiger partial charge in [0.2, 0.25) is 0 Å². The molecule has 0 aromatic carbocycles. The molecule has 0 amide bonds. The lowest BCUT2D eigenvalue weighted by atomic mass is 9.80. The van der Waals surface area contributed by atoms with Crippen LogP contribution >= 0.6 is 11.6 Å². The van der Waals surface area contributed by atoms with Crippen LogP contribution in [0.25, 0.3) is 5.78 Å². The lowest BCUT2D eigenvalue weighted by molar-refractivity contribution is 0.284. The minimum Gasteiger partial charge on any atom is -0.367 e. The normalized spacial score (nSPS) is 18.0. The number of hydrogen-bond donors (Lipinski definition) is 1. The highest BCUT2D eigenvalue weighted by atomic mass is 35.5. The largest absolute Gasteiger partial charge is 0.367 e. The summed E-state index contributed by atoms with van der Waals surface area (Å²) in [6, 6.07) is 2.22. The molecular formula is C11H14ClN5. The quantitative estimate of drug-likeness (QED) is 0.851. The number of hydrogen-bond acceptors (Lipinski definition) is 4. The molecule has 0 saturated heterocycles. The Morgan fingerprint density at radius 1 is 1.53 bits per heavy atom. The van der Waals surface area contributed by atoms with E-state index in [0.717, 1.165) is 11.7 Å². The Morgan fingerprint density at radius 3 is 3.06 bits per heavy atom. The van der Waals surface area contributed by atoms with Crippen LogP contribution in [0.4, 0.5) is 5.82 Å². The maximum Gasteiger partial charge on any atom is 0.255 e. The average Bonchev–Trinajstić information content (AvgIpc) is 2.62. The first-order chi connectivity index (χ1) is 8.24. The molecule has 1 fully saturated rings. The van der Waals surface area contributed by atoms with Crippen molar-refractivity contribution in [2.24, 2.45) is 5.92 Å². The van der Waals surface area contributed by atoms with E-state index in [1.54, 1.807) is 10.6 Å². The highest BCUT2D eigenvalue weighted by Gasteiger charge is 2.24. The number of rotatable bonds is 3. The number of halogens is 1. The van der Waals surface area contributed by atoms with Crippen molar-refractivity contribution in [3.05, 3.63) is 17.5 Å². The molecule has 2 heterocycles. The zero-order chi connectivity index (χ0) is 11.8. The molecule has 3 rings (SSSR count). The number of aromatic nitrogens is 4. The molecule has 17 heavy (non-hydrogen) atoms. The topological polar surface area (TPSA) is 55.1 Å². The van der Waals surface area contributed by atoms with E-state index < -0.39 is 0 Å². The zero-order valence-electron chi connectivity index (χ0n) is 9.60. The molecular weight excluding hydrogens is 238 g/mol. The summed E-state index contributed by atoms with van der Waals surface area (Å²) in [4.78, 5) is 8.14. The van der Waals surface area contributed by atoms with E-state index >= 15 is 0 Å². The van der Waals surface area contributed by atoms with E-state index in [1.165, 1.54) is 25.6 Å². The van der Waals surface area contributed by atoms with Crippen LogP contribution in [0.2, 0.25) is 5.15 Å². The molecule has 1 aliphatic rings.